The van der Waals surface area contributed by atoms with Gasteiger partial charge in [0.15, 0.2) is 0 Å². The van der Waals surface area contributed by atoms with Crippen molar-refractivity contribution in [2.45, 2.75) is 38.1 Å². The van der Waals surface area contributed by atoms with Crippen molar-refractivity contribution in [3.05, 3.63) is 0 Å². The molecule has 2 saturated heterocycles. The topological polar surface area (TPSA) is 44.4 Å². The van der Waals surface area contributed by atoms with Crippen molar-refractivity contribution >= 4 is 6.03 Å². The van der Waals surface area contributed by atoms with Gasteiger partial charge in [-0.05, 0) is 44.2 Å². The van der Waals surface area contributed by atoms with Gasteiger partial charge in [-0.25, -0.2) is 4.79 Å². The minimum Gasteiger partial charge on any atom is -0.333 e. The minimum atomic E-state index is 0.175. The number of nitrogens with zero attached hydrogens (tertiary/aromatic N) is 1. The van der Waals surface area contributed by atoms with Crippen LogP contribution < -0.4 is 10.6 Å². The Balaban J connectivity index is 1.53. The Morgan fingerprint density at radius 1 is 1.24 bits per heavy atom. The van der Waals surface area contributed by atoms with E-state index < -0.39 is 0 Å². The highest BCUT2D eigenvalue weighted by atomic mass is 16.2. The van der Waals surface area contributed by atoms with Crippen molar-refractivity contribution in [2.24, 2.45) is 11.8 Å². The number of hydrogen-bond donors (Lipinski definition) is 2. The van der Waals surface area contributed by atoms with Gasteiger partial charge in [0.25, 0.3) is 0 Å². The number of nitrogens with one attached hydrogen (secondary N) is 2. The van der Waals surface area contributed by atoms with E-state index in [0.29, 0.717) is 12.0 Å². The van der Waals surface area contributed by atoms with Gasteiger partial charge in [-0.1, -0.05) is 12.8 Å². The standard InChI is InChI=1S/C13H23N3O/c17-13-15-12(11-3-1-2-4-11)9-16(13)8-10-5-6-14-7-10/h10-12,14H,1-9H2,(H,15,17). The van der Waals surface area contributed by atoms with Crippen molar-refractivity contribution in [1.29, 1.82) is 0 Å². The molecule has 2 heterocycles. The molecule has 96 valence electrons. The number of hydrogen-bond acceptors (Lipinski definition) is 2. The number of amides is 2. The van der Waals surface area contributed by atoms with Crippen molar-refractivity contribution in [2.75, 3.05) is 26.2 Å². The highest BCUT2D eigenvalue weighted by Crippen LogP contribution is 2.30. The summed E-state index contributed by atoms with van der Waals surface area (Å²) in [5, 5.41) is 6.56. The molecule has 3 rings (SSSR count). The van der Waals surface area contributed by atoms with Crippen LogP contribution in [0.15, 0.2) is 0 Å². The van der Waals surface area contributed by atoms with Crippen molar-refractivity contribution in [1.82, 2.24) is 15.5 Å². The van der Waals surface area contributed by atoms with E-state index >= 15 is 0 Å². The zero-order valence-corrected chi connectivity index (χ0v) is 10.5. The first-order valence-electron chi connectivity index (χ1n) is 7.09. The van der Waals surface area contributed by atoms with Gasteiger partial charge in [-0.2, -0.15) is 0 Å². The Bertz CT molecular complexity index is 282. The average Bonchev–Trinajstić information content (AvgIpc) is 3.02. The fraction of sp³-hybridized carbons (Fsp3) is 0.923. The molecule has 2 amide bonds. The van der Waals surface area contributed by atoms with Crippen LogP contribution in [0, 0.1) is 11.8 Å². The van der Waals surface area contributed by atoms with Crippen molar-refractivity contribution in [3.8, 4) is 0 Å². The van der Waals surface area contributed by atoms with Gasteiger partial charge in [-0.3, -0.25) is 0 Å². The molecular weight excluding hydrogens is 214 g/mol. The van der Waals surface area contributed by atoms with E-state index in [0.717, 1.165) is 32.1 Å². The second-order valence-electron chi connectivity index (χ2n) is 5.86. The molecule has 2 N–H and O–H groups in total. The molecule has 1 saturated carbocycles. The highest BCUT2D eigenvalue weighted by Gasteiger charge is 2.36. The molecule has 4 nitrogen and oxygen atoms in total. The monoisotopic (exact) mass is 237 g/mol. The van der Waals surface area contributed by atoms with Crippen LogP contribution in [0.2, 0.25) is 0 Å². The summed E-state index contributed by atoms with van der Waals surface area (Å²) in [5.41, 5.74) is 0. The molecule has 3 fully saturated rings. The molecule has 0 bridgehead atoms. The van der Waals surface area contributed by atoms with Gasteiger partial charge in [0, 0.05) is 13.1 Å². The summed E-state index contributed by atoms with van der Waals surface area (Å²) < 4.78 is 0. The van der Waals surface area contributed by atoms with Crippen LogP contribution in [0.1, 0.15) is 32.1 Å². The van der Waals surface area contributed by atoms with Crippen LogP contribution in [0.4, 0.5) is 4.79 Å². The Hall–Kier alpha value is -0.770. The van der Waals surface area contributed by atoms with Crippen molar-refractivity contribution < 1.29 is 4.79 Å². The molecular formula is C13H23N3O. The molecule has 2 atom stereocenters. The lowest BCUT2D eigenvalue weighted by Gasteiger charge is -2.20. The van der Waals surface area contributed by atoms with Gasteiger partial charge < -0.3 is 15.5 Å². The number of urea groups is 1. The summed E-state index contributed by atoms with van der Waals surface area (Å²) in [5.74, 6) is 1.41. The molecule has 4 heteroatoms. The summed E-state index contributed by atoms with van der Waals surface area (Å²) in [4.78, 5) is 14.0. The summed E-state index contributed by atoms with van der Waals surface area (Å²) in [6.07, 6.45) is 6.54. The fourth-order valence-electron chi connectivity index (χ4n) is 3.58. The number of carbonyl (C=O) groups excluding carboxylic acids is 1. The Labute approximate surface area is 103 Å². The molecule has 1 aliphatic carbocycles. The maximum Gasteiger partial charge on any atom is 0.317 e. The summed E-state index contributed by atoms with van der Waals surface area (Å²) in [6.45, 7) is 4.09. The first-order valence-corrected chi connectivity index (χ1v) is 7.09. The van der Waals surface area contributed by atoms with Gasteiger partial charge >= 0.3 is 6.03 Å². The van der Waals surface area contributed by atoms with Crippen LogP contribution >= 0.6 is 0 Å². The van der Waals surface area contributed by atoms with Crippen LogP contribution in [0.25, 0.3) is 0 Å². The third kappa shape index (κ3) is 2.41. The quantitative estimate of drug-likeness (QED) is 0.774. The molecule has 2 unspecified atom stereocenters. The second kappa shape index (κ2) is 4.84. The molecule has 0 aromatic rings. The van der Waals surface area contributed by atoms with Crippen LogP contribution in [-0.4, -0.2) is 43.2 Å². The predicted molar refractivity (Wildman–Crippen MR) is 66.8 cm³/mol. The van der Waals surface area contributed by atoms with Crippen LogP contribution in [-0.2, 0) is 0 Å². The Morgan fingerprint density at radius 3 is 2.76 bits per heavy atom. The lowest BCUT2D eigenvalue weighted by Crippen LogP contribution is -2.33. The van der Waals surface area contributed by atoms with Gasteiger partial charge in [0.1, 0.15) is 0 Å². The largest absolute Gasteiger partial charge is 0.333 e. The molecule has 17 heavy (non-hydrogen) atoms. The maximum absolute atomic E-state index is 11.9. The maximum atomic E-state index is 11.9. The molecule has 0 aromatic heterocycles. The van der Waals surface area contributed by atoms with E-state index in [9.17, 15) is 4.79 Å². The Kier molecular flexibility index (Phi) is 3.23. The zero-order valence-electron chi connectivity index (χ0n) is 10.5. The normalized spacial score (nSPS) is 34.6. The molecule has 3 aliphatic rings. The van der Waals surface area contributed by atoms with Gasteiger partial charge in [-0.15, -0.1) is 0 Å². The first-order chi connectivity index (χ1) is 8.33. The summed E-state index contributed by atoms with van der Waals surface area (Å²) in [7, 11) is 0. The van der Waals surface area contributed by atoms with E-state index in [-0.39, 0.29) is 6.03 Å². The van der Waals surface area contributed by atoms with E-state index in [2.05, 4.69) is 10.6 Å². The van der Waals surface area contributed by atoms with E-state index in [4.69, 9.17) is 0 Å². The van der Waals surface area contributed by atoms with E-state index in [1.165, 1.54) is 32.1 Å². The fourth-order valence-corrected chi connectivity index (χ4v) is 3.58. The summed E-state index contributed by atoms with van der Waals surface area (Å²) in [6, 6.07) is 0.605. The SMILES string of the molecule is O=C1NC(C2CCCC2)CN1CC1CCNC1. The van der Waals surface area contributed by atoms with Crippen molar-refractivity contribution in [3.63, 3.8) is 0 Å². The zero-order chi connectivity index (χ0) is 11.7. The second-order valence-corrected chi connectivity index (χ2v) is 5.86. The lowest BCUT2D eigenvalue weighted by molar-refractivity contribution is 0.210. The third-order valence-corrected chi connectivity index (χ3v) is 4.62. The molecule has 0 spiro atoms. The summed E-state index contributed by atoms with van der Waals surface area (Å²) >= 11 is 0. The number of rotatable bonds is 3. The minimum absolute atomic E-state index is 0.175. The number of carbonyl (C=O) groups is 1. The van der Waals surface area contributed by atoms with E-state index in [1.807, 2.05) is 4.90 Å². The first kappa shape index (κ1) is 11.3. The van der Waals surface area contributed by atoms with Crippen LogP contribution in [0.3, 0.4) is 0 Å². The van der Waals surface area contributed by atoms with Gasteiger partial charge in [0.05, 0.1) is 6.04 Å². The molecule has 0 radical (unpaired) electrons. The molecule has 0 aromatic carbocycles. The predicted octanol–water partition coefficient (Wildman–Crippen LogP) is 1.18. The lowest BCUT2D eigenvalue weighted by atomic mass is 9.99. The van der Waals surface area contributed by atoms with Crippen LogP contribution in [0.5, 0.6) is 0 Å². The van der Waals surface area contributed by atoms with E-state index in [1.54, 1.807) is 0 Å². The molecule has 2 aliphatic heterocycles. The Morgan fingerprint density at radius 2 is 2.06 bits per heavy atom. The smallest absolute Gasteiger partial charge is 0.317 e. The van der Waals surface area contributed by atoms with Gasteiger partial charge in [0.2, 0.25) is 0 Å². The third-order valence-electron chi connectivity index (χ3n) is 4.62. The highest BCUT2D eigenvalue weighted by molar-refractivity contribution is 5.77. The average molecular weight is 237 g/mol.